The molecule has 1 N–H and O–H groups in total. The van der Waals surface area contributed by atoms with Crippen LogP contribution in [0.5, 0.6) is 0 Å². The van der Waals surface area contributed by atoms with Crippen LogP contribution in [-0.2, 0) is 6.42 Å². The number of nitrogens with one attached hydrogen (secondary N) is 1. The fourth-order valence-corrected chi connectivity index (χ4v) is 2.47. The van der Waals surface area contributed by atoms with E-state index in [4.69, 9.17) is 0 Å². The van der Waals surface area contributed by atoms with Crippen LogP contribution in [0, 0.1) is 6.92 Å². The monoisotopic (exact) mass is 267 g/mol. The molecule has 1 heteroatoms. The minimum Gasteiger partial charge on any atom is -0.314 e. The van der Waals surface area contributed by atoms with Gasteiger partial charge in [0, 0.05) is 6.04 Å². The van der Waals surface area contributed by atoms with Crippen LogP contribution in [0.4, 0.5) is 0 Å². The molecule has 0 amide bonds. The molecule has 1 nitrogen and oxygen atoms in total. The zero-order valence-corrected chi connectivity index (χ0v) is 12.8. The van der Waals surface area contributed by atoms with Crippen molar-refractivity contribution in [2.24, 2.45) is 0 Å². The molecule has 1 atom stereocenters. The van der Waals surface area contributed by atoms with Crippen molar-refractivity contribution in [3.63, 3.8) is 0 Å². The van der Waals surface area contributed by atoms with Gasteiger partial charge in [-0.1, -0.05) is 61.0 Å². The zero-order valence-electron chi connectivity index (χ0n) is 12.8. The lowest BCUT2D eigenvalue weighted by molar-refractivity contribution is 0.543. The van der Waals surface area contributed by atoms with Crippen LogP contribution >= 0.6 is 0 Å². The molecule has 2 rings (SSSR count). The Labute approximate surface area is 123 Å². The Balaban J connectivity index is 2.03. The second-order valence-electron chi connectivity index (χ2n) is 5.63. The molecule has 0 aromatic heterocycles. The highest BCUT2D eigenvalue weighted by Crippen LogP contribution is 2.21. The fourth-order valence-electron chi connectivity index (χ4n) is 2.47. The van der Waals surface area contributed by atoms with Crippen molar-refractivity contribution in [2.45, 2.75) is 39.7 Å². The van der Waals surface area contributed by atoms with Crippen molar-refractivity contribution in [3.05, 3.63) is 59.7 Å². The lowest BCUT2D eigenvalue weighted by atomic mass is 10.00. The first-order valence-electron chi connectivity index (χ1n) is 7.58. The summed E-state index contributed by atoms with van der Waals surface area (Å²) in [7, 11) is 0. The highest BCUT2D eigenvalue weighted by molar-refractivity contribution is 5.64. The number of benzene rings is 2. The summed E-state index contributed by atoms with van der Waals surface area (Å²) in [5.74, 6) is 0. The van der Waals surface area contributed by atoms with Crippen LogP contribution in [0.3, 0.4) is 0 Å². The van der Waals surface area contributed by atoms with Gasteiger partial charge < -0.3 is 5.32 Å². The number of hydrogen-bond acceptors (Lipinski definition) is 1. The molecule has 1 unspecified atom stereocenters. The summed E-state index contributed by atoms with van der Waals surface area (Å²) < 4.78 is 0. The first-order chi connectivity index (χ1) is 9.69. The summed E-state index contributed by atoms with van der Waals surface area (Å²) in [6, 6.07) is 18.2. The van der Waals surface area contributed by atoms with E-state index in [-0.39, 0.29) is 0 Å². The summed E-state index contributed by atoms with van der Waals surface area (Å²) in [4.78, 5) is 0. The van der Waals surface area contributed by atoms with Crippen molar-refractivity contribution in [3.8, 4) is 11.1 Å². The van der Waals surface area contributed by atoms with Gasteiger partial charge in [-0.25, -0.2) is 0 Å². The molecule has 0 saturated carbocycles. The van der Waals surface area contributed by atoms with E-state index in [1.807, 2.05) is 0 Å². The Morgan fingerprint density at radius 2 is 1.75 bits per heavy atom. The summed E-state index contributed by atoms with van der Waals surface area (Å²) in [6.45, 7) is 7.70. The number of aryl methyl sites for hydroxylation is 1. The highest BCUT2D eigenvalue weighted by atomic mass is 14.9. The van der Waals surface area contributed by atoms with Gasteiger partial charge in [0.1, 0.15) is 0 Å². The van der Waals surface area contributed by atoms with Gasteiger partial charge in [0.05, 0.1) is 0 Å². The quantitative estimate of drug-likeness (QED) is 0.807. The van der Waals surface area contributed by atoms with E-state index < -0.39 is 0 Å². The SMILES string of the molecule is CCCNC(C)Cc1ccc(-c2cccc(C)c2)cc1. The summed E-state index contributed by atoms with van der Waals surface area (Å²) in [6.07, 6.45) is 2.28. The minimum atomic E-state index is 0.541. The van der Waals surface area contributed by atoms with Gasteiger partial charge in [-0.2, -0.15) is 0 Å². The second kappa shape index (κ2) is 7.25. The predicted octanol–water partition coefficient (Wildman–Crippen LogP) is 4.59. The molecule has 0 aliphatic heterocycles. The van der Waals surface area contributed by atoms with Crippen molar-refractivity contribution < 1.29 is 0 Å². The maximum absolute atomic E-state index is 3.53. The van der Waals surface area contributed by atoms with E-state index in [2.05, 4.69) is 74.6 Å². The van der Waals surface area contributed by atoms with Gasteiger partial charge in [0.2, 0.25) is 0 Å². The van der Waals surface area contributed by atoms with Crippen LogP contribution in [-0.4, -0.2) is 12.6 Å². The molecule has 0 saturated heterocycles. The topological polar surface area (TPSA) is 12.0 Å². The van der Waals surface area contributed by atoms with Crippen LogP contribution in [0.2, 0.25) is 0 Å². The van der Waals surface area contributed by atoms with Gasteiger partial charge in [0.25, 0.3) is 0 Å². The van der Waals surface area contributed by atoms with E-state index in [0.29, 0.717) is 6.04 Å². The molecule has 20 heavy (non-hydrogen) atoms. The Hall–Kier alpha value is -1.60. The Morgan fingerprint density at radius 1 is 1.00 bits per heavy atom. The molecular formula is C19H25N. The summed E-state index contributed by atoms with van der Waals surface area (Å²) >= 11 is 0. The van der Waals surface area contributed by atoms with Gasteiger partial charge in [-0.15, -0.1) is 0 Å². The molecule has 0 bridgehead atoms. The average Bonchev–Trinajstić information content (AvgIpc) is 2.46. The lowest BCUT2D eigenvalue weighted by Gasteiger charge is -2.13. The first-order valence-corrected chi connectivity index (χ1v) is 7.58. The maximum atomic E-state index is 3.53. The third-order valence-corrected chi connectivity index (χ3v) is 3.59. The van der Waals surface area contributed by atoms with Gasteiger partial charge in [-0.05, 0) is 49.9 Å². The smallest absolute Gasteiger partial charge is 0.00791 e. The standard InChI is InChI=1S/C19H25N/c1-4-12-20-16(3)14-17-8-10-18(11-9-17)19-7-5-6-15(2)13-19/h5-11,13,16,20H,4,12,14H2,1-3H3. The molecule has 0 radical (unpaired) electrons. The van der Waals surface area contributed by atoms with E-state index in [0.717, 1.165) is 13.0 Å². The molecular weight excluding hydrogens is 242 g/mol. The molecule has 0 spiro atoms. The minimum absolute atomic E-state index is 0.541. The van der Waals surface area contributed by atoms with Crippen LogP contribution in [0.1, 0.15) is 31.4 Å². The zero-order chi connectivity index (χ0) is 14.4. The molecule has 0 heterocycles. The number of hydrogen-bond donors (Lipinski definition) is 1. The van der Waals surface area contributed by atoms with E-state index in [1.165, 1.54) is 28.7 Å². The maximum Gasteiger partial charge on any atom is 0.00791 e. The normalized spacial score (nSPS) is 12.3. The molecule has 2 aromatic carbocycles. The van der Waals surface area contributed by atoms with E-state index in [1.54, 1.807) is 0 Å². The van der Waals surface area contributed by atoms with Gasteiger partial charge in [0.15, 0.2) is 0 Å². The third kappa shape index (κ3) is 4.21. The molecule has 0 fully saturated rings. The van der Waals surface area contributed by atoms with Crippen LogP contribution < -0.4 is 5.32 Å². The van der Waals surface area contributed by atoms with Crippen LogP contribution in [0.15, 0.2) is 48.5 Å². The van der Waals surface area contributed by atoms with Gasteiger partial charge in [-0.3, -0.25) is 0 Å². The summed E-state index contributed by atoms with van der Waals surface area (Å²) in [5, 5.41) is 3.53. The van der Waals surface area contributed by atoms with Crippen molar-refractivity contribution in [1.82, 2.24) is 5.32 Å². The lowest BCUT2D eigenvalue weighted by Crippen LogP contribution is -2.28. The molecule has 0 aliphatic rings. The molecule has 2 aromatic rings. The predicted molar refractivity (Wildman–Crippen MR) is 88.1 cm³/mol. The Morgan fingerprint density at radius 3 is 2.40 bits per heavy atom. The first kappa shape index (κ1) is 14.8. The second-order valence-corrected chi connectivity index (χ2v) is 5.63. The average molecular weight is 267 g/mol. The van der Waals surface area contributed by atoms with Gasteiger partial charge >= 0.3 is 0 Å². The van der Waals surface area contributed by atoms with Crippen LogP contribution in [0.25, 0.3) is 11.1 Å². The summed E-state index contributed by atoms with van der Waals surface area (Å²) in [5.41, 5.74) is 5.31. The van der Waals surface area contributed by atoms with Crippen molar-refractivity contribution in [2.75, 3.05) is 6.54 Å². The molecule has 106 valence electrons. The molecule has 0 aliphatic carbocycles. The number of rotatable bonds is 6. The van der Waals surface area contributed by atoms with Crippen molar-refractivity contribution >= 4 is 0 Å². The highest BCUT2D eigenvalue weighted by Gasteiger charge is 2.03. The van der Waals surface area contributed by atoms with E-state index in [9.17, 15) is 0 Å². The fraction of sp³-hybridized carbons (Fsp3) is 0.368. The van der Waals surface area contributed by atoms with E-state index >= 15 is 0 Å². The van der Waals surface area contributed by atoms with Crippen molar-refractivity contribution in [1.29, 1.82) is 0 Å². The Kier molecular flexibility index (Phi) is 5.37. The third-order valence-electron chi connectivity index (χ3n) is 3.59. The Bertz CT molecular complexity index is 528. The largest absolute Gasteiger partial charge is 0.314 e.